The van der Waals surface area contributed by atoms with E-state index in [4.69, 9.17) is 9.15 Å². The Kier molecular flexibility index (Phi) is 5.42. The summed E-state index contributed by atoms with van der Waals surface area (Å²) in [5.41, 5.74) is 0. The van der Waals surface area contributed by atoms with Gasteiger partial charge in [-0.05, 0) is 45.0 Å². The predicted octanol–water partition coefficient (Wildman–Crippen LogP) is 1.62. The van der Waals surface area contributed by atoms with Crippen LogP contribution >= 0.6 is 0 Å². The van der Waals surface area contributed by atoms with E-state index in [0.29, 0.717) is 19.1 Å². The van der Waals surface area contributed by atoms with E-state index < -0.39 is 0 Å². The monoisotopic (exact) mass is 266 g/mol. The molecule has 2 N–H and O–H groups in total. The summed E-state index contributed by atoms with van der Waals surface area (Å²) in [5, 5.41) is 6.18. The first-order valence-corrected chi connectivity index (χ1v) is 6.91. The minimum absolute atomic E-state index is 0.00201. The largest absolute Gasteiger partial charge is 0.467 e. The van der Waals surface area contributed by atoms with Crippen LogP contribution in [0, 0.1) is 0 Å². The molecule has 0 spiro atoms. The lowest BCUT2D eigenvalue weighted by atomic mass is 10.1. The summed E-state index contributed by atoms with van der Waals surface area (Å²) in [6.07, 6.45) is 4.37. The SMILES string of the molecule is CC(NC(=O)CCOC1CCNCC1)c1ccco1. The van der Waals surface area contributed by atoms with Crippen LogP contribution in [0.2, 0.25) is 0 Å². The first kappa shape index (κ1) is 14.1. The zero-order valence-electron chi connectivity index (χ0n) is 11.4. The molecule has 5 nitrogen and oxygen atoms in total. The predicted molar refractivity (Wildman–Crippen MR) is 71.7 cm³/mol. The summed E-state index contributed by atoms with van der Waals surface area (Å²) < 4.78 is 10.9. The summed E-state index contributed by atoms with van der Waals surface area (Å²) in [6, 6.07) is 3.58. The van der Waals surface area contributed by atoms with Crippen LogP contribution in [0.1, 0.15) is 38.0 Å². The smallest absolute Gasteiger partial charge is 0.222 e. The topological polar surface area (TPSA) is 63.5 Å². The molecular weight excluding hydrogens is 244 g/mol. The van der Waals surface area contributed by atoms with E-state index in [9.17, 15) is 4.79 Å². The van der Waals surface area contributed by atoms with E-state index in [1.807, 2.05) is 19.1 Å². The maximum atomic E-state index is 11.7. The van der Waals surface area contributed by atoms with Crippen molar-refractivity contribution in [3.8, 4) is 0 Å². The molecule has 1 aliphatic heterocycles. The second-order valence-electron chi connectivity index (χ2n) is 4.87. The van der Waals surface area contributed by atoms with Gasteiger partial charge in [0.15, 0.2) is 0 Å². The minimum Gasteiger partial charge on any atom is -0.467 e. The zero-order valence-corrected chi connectivity index (χ0v) is 11.4. The summed E-state index contributed by atoms with van der Waals surface area (Å²) in [7, 11) is 0. The zero-order chi connectivity index (χ0) is 13.5. The molecule has 1 aliphatic rings. The lowest BCUT2D eigenvalue weighted by Gasteiger charge is -2.22. The molecule has 0 aromatic carbocycles. The maximum absolute atomic E-state index is 11.7. The number of amides is 1. The van der Waals surface area contributed by atoms with E-state index in [1.165, 1.54) is 0 Å². The number of nitrogens with one attached hydrogen (secondary N) is 2. The van der Waals surface area contributed by atoms with Gasteiger partial charge in [0.25, 0.3) is 0 Å². The van der Waals surface area contributed by atoms with Crippen molar-refractivity contribution in [1.29, 1.82) is 0 Å². The fourth-order valence-corrected chi connectivity index (χ4v) is 2.20. The third-order valence-corrected chi connectivity index (χ3v) is 3.32. The summed E-state index contributed by atoms with van der Waals surface area (Å²) in [4.78, 5) is 11.7. The summed E-state index contributed by atoms with van der Waals surface area (Å²) >= 11 is 0. The Bertz CT molecular complexity index is 372. The first-order valence-electron chi connectivity index (χ1n) is 6.91. The fourth-order valence-electron chi connectivity index (χ4n) is 2.20. The van der Waals surface area contributed by atoms with Crippen LogP contribution in [0.25, 0.3) is 0 Å². The quantitative estimate of drug-likeness (QED) is 0.821. The number of furan rings is 1. The van der Waals surface area contributed by atoms with Gasteiger partial charge in [-0.1, -0.05) is 0 Å². The van der Waals surface area contributed by atoms with Crippen LogP contribution in [0.4, 0.5) is 0 Å². The van der Waals surface area contributed by atoms with Crippen molar-refractivity contribution in [3.05, 3.63) is 24.2 Å². The van der Waals surface area contributed by atoms with E-state index in [1.54, 1.807) is 6.26 Å². The molecule has 0 bridgehead atoms. The Labute approximate surface area is 113 Å². The van der Waals surface area contributed by atoms with Crippen LogP contribution in [0.5, 0.6) is 0 Å². The number of hydrogen-bond acceptors (Lipinski definition) is 4. The molecule has 1 unspecified atom stereocenters. The van der Waals surface area contributed by atoms with E-state index in [2.05, 4.69) is 10.6 Å². The molecule has 1 fully saturated rings. The highest BCUT2D eigenvalue weighted by atomic mass is 16.5. The molecule has 0 saturated carbocycles. The van der Waals surface area contributed by atoms with Gasteiger partial charge in [-0.15, -0.1) is 0 Å². The van der Waals surface area contributed by atoms with Crippen molar-refractivity contribution in [2.75, 3.05) is 19.7 Å². The Morgan fingerprint density at radius 2 is 2.37 bits per heavy atom. The van der Waals surface area contributed by atoms with Crippen LogP contribution < -0.4 is 10.6 Å². The van der Waals surface area contributed by atoms with Crippen LogP contribution in [0.15, 0.2) is 22.8 Å². The molecule has 106 valence electrons. The van der Waals surface area contributed by atoms with Crippen molar-refractivity contribution in [2.45, 2.75) is 38.3 Å². The molecule has 19 heavy (non-hydrogen) atoms. The van der Waals surface area contributed by atoms with Gasteiger partial charge in [-0.25, -0.2) is 0 Å². The number of carbonyl (C=O) groups excluding carboxylic acids is 1. The second kappa shape index (κ2) is 7.31. The van der Waals surface area contributed by atoms with Gasteiger partial charge in [0.1, 0.15) is 5.76 Å². The van der Waals surface area contributed by atoms with Crippen LogP contribution in [-0.2, 0) is 9.53 Å². The molecule has 2 rings (SSSR count). The van der Waals surface area contributed by atoms with E-state index >= 15 is 0 Å². The third-order valence-electron chi connectivity index (χ3n) is 3.32. The van der Waals surface area contributed by atoms with Gasteiger partial charge >= 0.3 is 0 Å². The Morgan fingerprint density at radius 3 is 3.05 bits per heavy atom. The molecule has 1 saturated heterocycles. The lowest BCUT2D eigenvalue weighted by Crippen LogP contribution is -2.33. The highest BCUT2D eigenvalue weighted by Crippen LogP contribution is 2.12. The van der Waals surface area contributed by atoms with Gasteiger partial charge in [0, 0.05) is 6.42 Å². The van der Waals surface area contributed by atoms with Crippen molar-refractivity contribution in [1.82, 2.24) is 10.6 Å². The lowest BCUT2D eigenvalue weighted by molar-refractivity contribution is -0.123. The Morgan fingerprint density at radius 1 is 1.58 bits per heavy atom. The van der Waals surface area contributed by atoms with Crippen molar-refractivity contribution in [2.24, 2.45) is 0 Å². The highest BCUT2D eigenvalue weighted by molar-refractivity contribution is 5.76. The van der Waals surface area contributed by atoms with Crippen LogP contribution in [-0.4, -0.2) is 31.7 Å². The maximum Gasteiger partial charge on any atom is 0.222 e. The number of ether oxygens (including phenoxy) is 1. The van der Waals surface area contributed by atoms with Crippen molar-refractivity contribution in [3.63, 3.8) is 0 Å². The summed E-state index contributed by atoms with van der Waals surface area (Å²) in [5.74, 6) is 0.769. The first-order chi connectivity index (χ1) is 9.25. The highest BCUT2D eigenvalue weighted by Gasteiger charge is 2.15. The number of piperidine rings is 1. The molecule has 0 radical (unpaired) electrons. The van der Waals surface area contributed by atoms with Gasteiger partial charge in [-0.2, -0.15) is 0 Å². The van der Waals surface area contributed by atoms with Gasteiger partial charge in [-0.3, -0.25) is 4.79 Å². The van der Waals surface area contributed by atoms with Crippen molar-refractivity contribution >= 4 is 5.91 Å². The minimum atomic E-state index is -0.0959. The number of hydrogen-bond donors (Lipinski definition) is 2. The van der Waals surface area contributed by atoms with Gasteiger partial charge in [0.2, 0.25) is 5.91 Å². The summed E-state index contributed by atoms with van der Waals surface area (Å²) in [6.45, 7) is 4.41. The van der Waals surface area contributed by atoms with Gasteiger partial charge in [0.05, 0.1) is 25.0 Å². The Hall–Kier alpha value is -1.33. The normalized spacial score (nSPS) is 18.2. The third kappa shape index (κ3) is 4.69. The van der Waals surface area contributed by atoms with E-state index in [0.717, 1.165) is 31.7 Å². The number of rotatable bonds is 6. The number of carbonyl (C=O) groups is 1. The van der Waals surface area contributed by atoms with Gasteiger partial charge < -0.3 is 19.8 Å². The fraction of sp³-hybridized carbons (Fsp3) is 0.643. The molecule has 1 aromatic rings. The Balaban J connectivity index is 1.61. The van der Waals surface area contributed by atoms with Crippen molar-refractivity contribution < 1.29 is 13.9 Å². The average molecular weight is 266 g/mol. The van der Waals surface area contributed by atoms with E-state index in [-0.39, 0.29) is 11.9 Å². The molecule has 1 atom stereocenters. The molecule has 5 heteroatoms. The molecule has 0 aliphatic carbocycles. The molecule has 1 aromatic heterocycles. The average Bonchev–Trinajstić information content (AvgIpc) is 2.94. The second-order valence-corrected chi connectivity index (χ2v) is 4.87. The molecule has 1 amide bonds. The standard InChI is InChI=1S/C14H22N2O3/c1-11(13-3-2-9-19-13)16-14(17)6-10-18-12-4-7-15-8-5-12/h2-3,9,11-12,15H,4-8,10H2,1H3,(H,16,17). The molecule has 2 heterocycles. The van der Waals surface area contributed by atoms with Crippen LogP contribution in [0.3, 0.4) is 0 Å². The molecular formula is C14H22N2O3.